The van der Waals surface area contributed by atoms with Gasteiger partial charge in [0.1, 0.15) is 23.9 Å². The molecule has 3 aliphatic rings. The molecule has 6 atom stereocenters. The fourth-order valence-electron chi connectivity index (χ4n) is 8.42. The predicted octanol–water partition coefficient (Wildman–Crippen LogP) is 6.99. The van der Waals surface area contributed by atoms with E-state index in [1.165, 1.54) is 0 Å². The third kappa shape index (κ3) is 9.57. The summed E-state index contributed by atoms with van der Waals surface area (Å²) in [6, 6.07) is 21.5. The molecule has 13 heteroatoms. The average molecular weight is 794 g/mol. The van der Waals surface area contributed by atoms with Crippen molar-refractivity contribution in [3.63, 3.8) is 0 Å². The van der Waals surface area contributed by atoms with E-state index in [9.17, 15) is 23.7 Å². The van der Waals surface area contributed by atoms with Crippen LogP contribution < -0.4 is 14.9 Å². The summed E-state index contributed by atoms with van der Waals surface area (Å²) in [6.07, 6.45) is 9.56. The lowest BCUT2D eigenvalue weighted by Gasteiger charge is -2.36. The number of ether oxygens (including phenoxy) is 1. The van der Waals surface area contributed by atoms with Crippen molar-refractivity contribution in [1.29, 1.82) is 0 Å². The first-order valence-electron chi connectivity index (χ1n) is 20.2. The van der Waals surface area contributed by atoms with Crippen molar-refractivity contribution < 1.29 is 33.0 Å². The largest absolute Gasteiger partial charge is 0.465 e. The van der Waals surface area contributed by atoms with Gasteiger partial charge in [-0.25, -0.2) is 5.09 Å². The second kappa shape index (κ2) is 18.0. The van der Waals surface area contributed by atoms with Gasteiger partial charge in [-0.3, -0.25) is 28.7 Å². The van der Waals surface area contributed by atoms with E-state index in [2.05, 4.69) is 21.5 Å². The molecule has 57 heavy (non-hydrogen) atoms. The molecule has 12 nitrogen and oxygen atoms in total. The van der Waals surface area contributed by atoms with Gasteiger partial charge in [-0.2, -0.15) is 0 Å². The number of carbonyl (C=O) groups is 4. The highest BCUT2D eigenvalue weighted by Gasteiger charge is 2.46. The van der Waals surface area contributed by atoms with Crippen molar-refractivity contribution in [3.8, 4) is 5.75 Å². The lowest BCUT2D eigenvalue weighted by atomic mass is 9.98. The van der Waals surface area contributed by atoms with Crippen LogP contribution in [0.5, 0.6) is 5.75 Å². The smallest absolute Gasteiger partial charge is 0.323 e. The summed E-state index contributed by atoms with van der Waals surface area (Å²) < 4.78 is 25.7. The van der Waals surface area contributed by atoms with Crippen LogP contribution in [0.3, 0.4) is 0 Å². The van der Waals surface area contributed by atoms with Gasteiger partial charge in [0.15, 0.2) is 0 Å². The van der Waals surface area contributed by atoms with E-state index in [0.717, 1.165) is 48.4 Å². The summed E-state index contributed by atoms with van der Waals surface area (Å²) in [5.41, 5.74) is 2.18. The summed E-state index contributed by atoms with van der Waals surface area (Å²) >= 11 is 0. The Kier molecular flexibility index (Phi) is 12.7. The number of carbonyl (C=O) groups excluding carboxylic acids is 4. The molecule has 0 bridgehead atoms. The molecule has 2 N–H and O–H groups in total. The fourth-order valence-corrected chi connectivity index (χ4v) is 10.5. The minimum Gasteiger partial charge on any atom is -0.465 e. The first-order chi connectivity index (χ1) is 27.6. The standard InChI is InChI=1S/C44H52N5O7P/c1-3-24-55-44(53)30(2)47-57(54,56-38-12-5-4-6-13-38)29-31-15-16-32-17-18-33(26-36(32)25-31)41(50)46-39-14-8-7-11-37-19-20-40(49(37)42(39)51)43(52)48-23-21-35(28-48)34-10-9-22-45-27-34/h4-6,9-10,12-13,15-18,22,25-27,30,35,37,39-40H,3,7-8,11,14,19-21,23-24,28-29H2,1-2H3,(H,46,50)(H,47,54)/t30-,35?,37-,39-,40-,57?/m0/s1. The zero-order valence-electron chi connectivity index (χ0n) is 32.7. The lowest BCUT2D eigenvalue weighted by Crippen LogP contribution is -2.56. The molecule has 3 fully saturated rings. The number of pyridine rings is 1. The first kappa shape index (κ1) is 40.1. The van der Waals surface area contributed by atoms with Crippen LogP contribution in [-0.2, 0) is 29.8 Å². The van der Waals surface area contributed by atoms with Crippen LogP contribution in [0.25, 0.3) is 10.8 Å². The first-order valence-corrected chi connectivity index (χ1v) is 22.0. The van der Waals surface area contributed by atoms with Crippen molar-refractivity contribution in [1.82, 2.24) is 25.2 Å². The molecule has 0 saturated carbocycles. The van der Waals surface area contributed by atoms with Crippen LogP contribution >= 0.6 is 7.52 Å². The number of aromatic nitrogens is 1. The summed E-state index contributed by atoms with van der Waals surface area (Å²) in [6.45, 7) is 5.01. The van der Waals surface area contributed by atoms with Gasteiger partial charge in [-0.1, -0.05) is 68.3 Å². The molecule has 7 rings (SSSR count). The summed E-state index contributed by atoms with van der Waals surface area (Å²) in [7, 11) is -3.70. The quantitative estimate of drug-likeness (QED) is 0.108. The van der Waals surface area contributed by atoms with Crippen LogP contribution in [0.1, 0.15) is 92.6 Å². The Morgan fingerprint density at radius 3 is 2.53 bits per heavy atom. The highest BCUT2D eigenvalue weighted by molar-refractivity contribution is 7.56. The van der Waals surface area contributed by atoms with Crippen molar-refractivity contribution in [2.75, 3.05) is 19.7 Å². The fraction of sp³-hybridized carbons (Fsp3) is 0.432. The van der Waals surface area contributed by atoms with Crippen LogP contribution in [0.4, 0.5) is 0 Å². The second-order valence-electron chi connectivity index (χ2n) is 15.5. The number of para-hydroxylation sites is 1. The molecule has 300 valence electrons. The molecule has 3 amide bonds. The summed E-state index contributed by atoms with van der Waals surface area (Å²) in [5.74, 6) is -0.473. The maximum Gasteiger partial charge on any atom is 0.323 e. The van der Waals surface area contributed by atoms with Crippen molar-refractivity contribution in [3.05, 3.63) is 108 Å². The van der Waals surface area contributed by atoms with Crippen LogP contribution in [0.15, 0.2) is 91.3 Å². The third-order valence-corrected chi connectivity index (χ3v) is 13.4. The van der Waals surface area contributed by atoms with Crippen LogP contribution in [0.2, 0.25) is 0 Å². The number of rotatable bonds is 13. The third-order valence-electron chi connectivity index (χ3n) is 11.3. The monoisotopic (exact) mass is 793 g/mol. The Balaban J connectivity index is 1.05. The number of hydrogen-bond donors (Lipinski definition) is 2. The van der Waals surface area contributed by atoms with Crippen molar-refractivity contribution in [2.45, 2.75) is 101 Å². The van der Waals surface area contributed by atoms with Crippen molar-refractivity contribution >= 4 is 42.0 Å². The number of benzene rings is 3. The van der Waals surface area contributed by atoms with Gasteiger partial charge in [0.05, 0.1) is 12.8 Å². The zero-order chi connectivity index (χ0) is 39.9. The van der Waals surface area contributed by atoms with E-state index in [1.807, 2.05) is 54.4 Å². The maximum absolute atomic E-state index is 14.4. The Hall–Kier alpha value is -5.06. The normalized spacial score (nSPS) is 22.5. The maximum atomic E-state index is 14.4. The van der Waals surface area contributed by atoms with E-state index in [-0.39, 0.29) is 42.5 Å². The van der Waals surface area contributed by atoms with Gasteiger partial charge in [-0.15, -0.1) is 0 Å². The number of fused-ring (bicyclic) bond motifs is 2. The van der Waals surface area contributed by atoms with E-state index >= 15 is 0 Å². The van der Waals surface area contributed by atoms with Crippen LogP contribution in [-0.4, -0.2) is 82.3 Å². The molecular weight excluding hydrogens is 741 g/mol. The molecule has 0 radical (unpaired) electrons. The highest BCUT2D eigenvalue weighted by Crippen LogP contribution is 2.47. The van der Waals surface area contributed by atoms with Crippen molar-refractivity contribution in [2.24, 2.45) is 0 Å². The van der Waals surface area contributed by atoms with E-state index < -0.39 is 31.6 Å². The number of hydrogen-bond acceptors (Lipinski definition) is 8. The Morgan fingerprint density at radius 2 is 1.74 bits per heavy atom. The molecular formula is C44H52N5O7P. The highest BCUT2D eigenvalue weighted by atomic mass is 31.2. The zero-order valence-corrected chi connectivity index (χ0v) is 33.6. The van der Waals surface area contributed by atoms with Gasteiger partial charge in [-0.05, 0) is 97.7 Å². The van der Waals surface area contributed by atoms with Gasteiger partial charge in [0, 0.05) is 43.0 Å². The van der Waals surface area contributed by atoms with E-state index in [1.54, 1.807) is 54.4 Å². The number of likely N-dealkylation sites (tertiary alicyclic amines) is 1. The minimum absolute atomic E-state index is 0.00646. The molecule has 3 aliphatic heterocycles. The number of nitrogens with one attached hydrogen (secondary N) is 2. The average Bonchev–Trinajstić information content (AvgIpc) is 3.88. The van der Waals surface area contributed by atoms with Gasteiger partial charge in [0.2, 0.25) is 11.8 Å². The summed E-state index contributed by atoms with van der Waals surface area (Å²) in [5, 5.41) is 7.56. The van der Waals surface area contributed by atoms with Crippen LogP contribution in [0, 0.1) is 0 Å². The Morgan fingerprint density at radius 1 is 0.930 bits per heavy atom. The van der Waals surface area contributed by atoms with E-state index in [4.69, 9.17) is 9.26 Å². The number of amides is 3. The molecule has 0 spiro atoms. The molecule has 3 saturated heterocycles. The molecule has 1 aromatic heterocycles. The molecule has 2 unspecified atom stereocenters. The molecule has 4 aromatic rings. The van der Waals surface area contributed by atoms with Gasteiger partial charge in [0.25, 0.3) is 5.91 Å². The number of nitrogens with zero attached hydrogens (tertiary/aromatic N) is 3. The topological polar surface area (TPSA) is 147 Å². The minimum atomic E-state index is -3.70. The molecule has 4 heterocycles. The molecule has 0 aliphatic carbocycles. The number of esters is 1. The van der Waals surface area contributed by atoms with Gasteiger partial charge < -0.3 is 24.4 Å². The van der Waals surface area contributed by atoms with Gasteiger partial charge >= 0.3 is 13.5 Å². The predicted molar refractivity (Wildman–Crippen MR) is 218 cm³/mol. The lowest BCUT2D eigenvalue weighted by molar-refractivity contribution is -0.146. The summed E-state index contributed by atoms with van der Waals surface area (Å²) in [4.78, 5) is 62.8. The SMILES string of the molecule is CCCOC(=O)[C@H](C)NP(=O)(Cc1ccc2ccc(C(=O)N[C@H]3CCCC[C@H]4CC[C@@H](C(=O)N5CCC(c6cccnc6)C5)N4C3=O)cc2c1)Oc1ccccc1. The Labute approximate surface area is 334 Å². The Bertz CT molecular complexity index is 2120. The molecule has 3 aromatic carbocycles. The second-order valence-corrected chi connectivity index (χ2v) is 17.6. The van der Waals surface area contributed by atoms with E-state index in [0.29, 0.717) is 49.2 Å².